The van der Waals surface area contributed by atoms with Gasteiger partial charge in [-0.3, -0.25) is 10.1 Å². The standard InChI is InChI=1S/C14H21N3O3/c1-2-6-20-14-4-3-5-16(10-14)12-7-11(15)8-13(9-12)17(18)19/h7-9,14H,2-6,10,15H2,1H3. The Morgan fingerprint density at radius 1 is 1.50 bits per heavy atom. The van der Waals surface area contributed by atoms with Crippen molar-refractivity contribution in [2.45, 2.75) is 32.3 Å². The number of nitrogen functional groups attached to an aromatic ring is 1. The number of piperidine rings is 1. The molecule has 0 spiro atoms. The molecule has 1 fully saturated rings. The Balaban J connectivity index is 2.12. The van der Waals surface area contributed by atoms with Gasteiger partial charge in [-0.15, -0.1) is 0 Å². The zero-order chi connectivity index (χ0) is 14.5. The fourth-order valence-electron chi connectivity index (χ4n) is 2.50. The molecule has 20 heavy (non-hydrogen) atoms. The highest BCUT2D eigenvalue weighted by atomic mass is 16.6. The lowest BCUT2D eigenvalue weighted by atomic mass is 10.1. The second-order valence-corrected chi connectivity index (χ2v) is 5.12. The molecule has 110 valence electrons. The summed E-state index contributed by atoms with van der Waals surface area (Å²) in [5.41, 5.74) is 7.02. The van der Waals surface area contributed by atoms with Crippen LogP contribution in [0, 0.1) is 10.1 Å². The Labute approximate surface area is 118 Å². The van der Waals surface area contributed by atoms with Crippen LogP contribution >= 0.6 is 0 Å². The molecule has 1 aliphatic heterocycles. The van der Waals surface area contributed by atoms with Crippen molar-refractivity contribution in [3.63, 3.8) is 0 Å². The molecule has 0 amide bonds. The molecule has 0 aromatic heterocycles. The fraction of sp³-hybridized carbons (Fsp3) is 0.571. The van der Waals surface area contributed by atoms with Gasteiger partial charge in [-0.25, -0.2) is 0 Å². The molecule has 1 aliphatic rings. The molecule has 0 bridgehead atoms. The van der Waals surface area contributed by atoms with Crippen LogP contribution in [0.25, 0.3) is 0 Å². The van der Waals surface area contributed by atoms with Gasteiger partial charge in [0.2, 0.25) is 0 Å². The minimum absolute atomic E-state index is 0.0385. The first-order valence-electron chi connectivity index (χ1n) is 7.01. The predicted molar refractivity (Wildman–Crippen MR) is 79.0 cm³/mol. The Bertz CT molecular complexity index is 479. The maximum absolute atomic E-state index is 10.9. The van der Waals surface area contributed by atoms with E-state index in [9.17, 15) is 10.1 Å². The third-order valence-corrected chi connectivity index (χ3v) is 3.44. The highest BCUT2D eigenvalue weighted by Gasteiger charge is 2.22. The molecule has 1 aromatic carbocycles. The van der Waals surface area contributed by atoms with Crippen LogP contribution in [0.3, 0.4) is 0 Å². The van der Waals surface area contributed by atoms with Crippen molar-refractivity contribution < 1.29 is 9.66 Å². The van der Waals surface area contributed by atoms with Crippen molar-refractivity contribution in [1.82, 2.24) is 0 Å². The van der Waals surface area contributed by atoms with E-state index in [0.29, 0.717) is 5.69 Å². The van der Waals surface area contributed by atoms with Crippen LogP contribution in [0.15, 0.2) is 18.2 Å². The highest BCUT2D eigenvalue weighted by Crippen LogP contribution is 2.28. The molecule has 1 atom stereocenters. The normalized spacial score (nSPS) is 19.1. The maximum Gasteiger partial charge on any atom is 0.273 e. The van der Waals surface area contributed by atoms with Gasteiger partial charge >= 0.3 is 0 Å². The van der Waals surface area contributed by atoms with Gasteiger partial charge in [0.1, 0.15) is 0 Å². The SMILES string of the molecule is CCCOC1CCCN(c2cc(N)cc([N+](=O)[O-])c2)C1. The van der Waals surface area contributed by atoms with Crippen LogP contribution in [0.4, 0.5) is 17.1 Å². The molecule has 6 nitrogen and oxygen atoms in total. The third-order valence-electron chi connectivity index (χ3n) is 3.44. The number of nitro groups is 1. The second-order valence-electron chi connectivity index (χ2n) is 5.12. The van der Waals surface area contributed by atoms with Crippen molar-refractivity contribution in [3.8, 4) is 0 Å². The lowest BCUT2D eigenvalue weighted by Crippen LogP contribution is -2.39. The zero-order valence-electron chi connectivity index (χ0n) is 11.7. The smallest absolute Gasteiger partial charge is 0.273 e. The number of anilines is 2. The van der Waals surface area contributed by atoms with Gasteiger partial charge in [-0.2, -0.15) is 0 Å². The average molecular weight is 279 g/mol. The third kappa shape index (κ3) is 3.60. The van der Waals surface area contributed by atoms with Crippen molar-refractivity contribution in [1.29, 1.82) is 0 Å². The maximum atomic E-state index is 10.9. The summed E-state index contributed by atoms with van der Waals surface area (Å²) in [7, 11) is 0. The summed E-state index contributed by atoms with van der Waals surface area (Å²) in [5.74, 6) is 0. The molecular formula is C14H21N3O3. The number of non-ortho nitro benzene ring substituents is 1. The Kier molecular flexibility index (Phi) is 4.79. The Hall–Kier alpha value is -1.82. The number of hydrogen-bond acceptors (Lipinski definition) is 5. The van der Waals surface area contributed by atoms with E-state index in [1.165, 1.54) is 6.07 Å². The van der Waals surface area contributed by atoms with E-state index in [1.807, 2.05) is 0 Å². The summed E-state index contributed by atoms with van der Waals surface area (Å²) in [6.45, 7) is 4.49. The van der Waals surface area contributed by atoms with E-state index in [0.717, 1.165) is 44.6 Å². The summed E-state index contributed by atoms with van der Waals surface area (Å²) in [4.78, 5) is 12.6. The van der Waals surface area contributed by atoms with E-state index in [-0.39, 0.29) is 11.8 Å². The summed E-state index contributed by atoms with van der Waals surface area (Å²) in [5, 5.41) is 10.9. The van der Waals surface area contributed by atoms with Crippen LogP contribution in [-0.2, 0) is 4.74 Å². The van der Waals surface area contributed by atoms with Gasteiger partial charge in [-0.1, -0.05) is 6.92 Å². The molecule has 2 N–H and O–H groups in total. The topological polar surface area (TPSA) is 81.6 Å². The second kappa shape index (κ2) is 6.56. The largest absolute Gasteiger partial charge is 0.398 e. The van der Waals surface area contributed by atoms with Gasteiger partial charge in [0, 0.05) is 43.2 Å². The quantitative estimate of drug-likeness (QED) is 0.509. The molecule has 2 rings (SSSR count). The lowest BCUT2D eigenvalue weighted by Gasteiger charge is -2.34. The first-order chi connectivity index (χ1) is 9.60. The average Bonchev–Trinajstić information content (AvgIpc) is 2.44. The van der Waals surface area contributed by atoms with E-state index in [4.69, 9.17) is 10.5 Å². The van der Waals surface area contributed by atoms with Gasteiger partial charge < -0.3 is 15.4 Å². The number of nitrogens with zero attached hydrogens (tertiary/aromatic N) is 2. The number of hydrogen-bond donors (Lipinski definition) is 1. The summed E-state index contributed by atoms with van der Waals surface area (Å²) in [6, 6.07) is 4.76. The number of nitro benzene ring substituents is 1. The Morgan fingerprint density at radius 3 is 3.00 bits per heavy atom. The molecule has 1 saturated heterocycles. The number of rotatable bonds is 5. The minimum atomic E-state index is -0.408. The zero-order valence-corrected chi connectivity index (χ0v) is 11.7. The van der Waals surface area contributed by atoms with Gasteiger partial charge in [0.25, 0.3) is 5.69 Å². The molecule has 0 aliphatic carbocycles. The van der Waals surface area contributed by atoms with Crippen LogP contribution < -0.4 is 10.6 Å². The molecule has 1 heterocycles. The van der Waals surface area contributed by atoms with Gasteiger partial charge in [0.15, 0.2) is 0 Å². The molecule has 1 unspecified atom stereocenters. The molecule has 0 radical (unpaired) electrons. The number of benzene rings is 1. The first-order valence-corrected chi connectivity index (χ1v) is 7.01. The number of ether oxygens (including phenoxy) is 1. The molecular weight excluding hydrogens is 258 g/mol. The minimum Gasteiger partial charge on any atom is -0.398 e. The van der Waals surface area contributed by atoms with Crippen molar-refractivity contribution in [2.75, 3.05) is 30.3 Å². The predicted octanol–water partition coefficient (Wildman–Crippen LogP) is 2.57. The van der Waals surface area contributed by atoms with Crippen LogP contribution in [0.1, 0.15) is 26.2 Å². The van der Waals surface area contributed by atoms with E-state index in [1.54, 1.807) is 12.1 Å². The fourth-order valence-corrected chi connectivity index (χ4v) is 2.50. The van der Waals surface area contributed by atoms with Gasteiger partial charge in [0.05, 0.1) is 11.0 Å². The summed E-state index contributed by atoms with van der Waals surface area (Å²) < 4.78 is 5.78. The highest BCUT2D eigenvalue weighted by molar-refractivity contribution is 5.63. The van der Waals surface area contributed by atoms with Crippen molar-refractivity contribution >= 4 is 17.1 Å². The van der Waals surface area contributed by atoms with Crippen molar-refractivity contribution in [2.24, 2.45) is 0 Å². The molecule has 0 saturated carbocycles. The van der Waals surface area contributed by atoms with Crippen LogP contribution in [-0.4, -0.2) is 30.7 Å². The monoisotopic (exact) mass is 279 g/mol. The molecule has 6 heteroatoms. The lowest BCUT2D eigenvalue weighted by molar-refractivity contribution is -0.384. The van der Waals surface area contributed by atoms with Crippen LogP contribution in [0.2, 0.25) is 0 Å². The Morgan fingerprint density at radius 2 is 2.30 bits per heavy atom. The summed E-state index contributed by atoms with van der Waals surface area (Å²) >= 11 is 0. The van der Waals surface area contributed by atoms with Crippen LogP contribution in [0.5, 0.6) is 0 Å². The van der Waals surface area contributed by atoms with Crippen molar-refractivity contribution in [3.05, 3.63) is 28.3 Å². The van der Waals surface area contributed by atoms with E-state index in [2.05, 4.69) is 11.8 Å². The summed E-state index contributed by atoms with van der Waals surface area (Å²) in [6.07, 6.45) is 3.27. The first kappa shape index (κ1) is 14.6. The van der Waals surface area contributed by atoms with Gasteiger partial charge in [-0.05, 0) is 25.3 Å². The van der Waals surface area contributed by atoms with E-state index >= 15 is 0 Å². The molecule has 1 aromatic rings. The van der Waals surface area contributed by atoms with E-state index < -0.39 is 4.92 Å². The number of nitrogens with two attached hydrogens (primary N) is 1.